The minimum atomic E-state index is -4.44. The number of methoxy groups -OCH3 is 2. The van der Waals surface area contributed by atoms with Crippen LogP contribution in [-0.4, -0.2) is 46.6 Å². The van der Waals surface area contributed by atoms with Gasteiger partial charge in [-0.2, -0.15) is 13.2 Å². The average molecular weight is 773 g/mol. The predicted molar refractivity (Wildman–Crippen MR) is 224 cm³/mol. The first kappa shape index (κ1) is 37.5. The zero-order chi connectivity index (χ0) is 40.4. The van der Waals surface area contributed by atoms with Crippen molar-refractivity contribution in [3.8, 4) is 28.4 Å². The second kappa shape index (κ2) is 12.4. The topological polar surface area (TPSA) is 34.2 Å². The molecule has 5 aromatic carbocycles. The van der Waals surface area contributed by atoms with Crippen LogP contribution in [-0.2, 0) is 11.0 Å². The third-order valence-corrected chi connectivity index (χ3v) is 13.5. The summed E-state index contributed by atoms with van der Waals surface area (Å²) >= 11 is 0. The van der Waals surface area contributed by atoms with Crippen molar-refractivity contribution >= 4 is 28.2 Å². The van der Waals surface area contributed by atoms with Crippen LogP contribution in [0.15, 0.2) is 91.0 Å². The second-order valence-corrected chi connectivity index (χ2v) is 18.4. The van der Waals surface area contributed by atoms with Crippen molar-refractivity contribution in [2.24, 2.45) is 10.8 Å². The molecule has 9 rings (SSSR count). The molecule has 0 radical (unpaired) electrons. The molecular formula is C49H51F3N2O3. The number of halogens is 3. The van der Waals surface area contributed by atoms with E-state index in [1.807, 2.05) is 59.5 Å². The maximum atomic E-state index is 14.8. The number of rotatable bonds is 4. The number of benzene rings is 5. The van der Waals surface area contributed by atoms with Crippen molar-refractivity contribution in [3.05, 3.63) is 119 Å². The first-order chi connectivity index (χ1) is 26.9. The largest absolute Gasteiger partial charge is 0.497 e. The highest BCUT2D eigenvalue weighted by molar-refractivity contribution is 6.11. The SMILES string of the molecule is COc1ccc(C2(c3ccc(OC)cc3)C=Cc3c4c(c5cc6c(cc5c3O2)N(C)C(C(F)(F)F)C(C)N6C)-c2ccccc2C42CC(C)(C)CC(C)(C)C2)cc1. The highest BCUT2D eigenvalue weighted by Gasteiger charge is 2.56. The van der Waals surface area contributed by atoms with Gasteiger partial charge in [-0.15, -0.1) is 0 Å². The molecule has 296 valence electrons. The maximum Gasteiger partial charge on any atom is 0.410 e. The van der Waals surface area contributed by atoms with E-state index < -0.39 is 23.9 Å². The van der Waals surface area contributed by atoms with Gasteiger partial charge in [0.15, 0.2) is 5.60 Å². The molecule has 2 heterocycles. The molecule has 2 unspecified atom stereocenters. The third-order valence-electron chi connectivity index (χ3n) is 13.5. The lowest BCUT2D eigenvalue weighted by Gasteiger charge is -2.52. The van der Waals surface area contributed by atoms with E-state index in [1.165, 1.54) is 21.6 Å². The van der Waals surface area contributed by atoms with E-state index >= 15 is 0 Å². The Labute approximate surface area is 334 Å². The fraction of sp³-hybridized carbons (Fsp3) is 0.388. The molecule has 5 nitrogen and oxygen atoms in total. The highest BCUT2D eigenvalue weighted by Crippen LogP contribution is 2.67. The van der Waals surface area contributed by atoms with Gasteiger partial charge in [-0.3, -0.25) is 0 Å². The summed E-state index contributed by atoms with van der Waals surface area (Å²) in [6.45, 7) is 11.3. The van der Waals surface area contributed by atoms with Crippen LogP contribution in [0.3, 0.4) is 0 Å². The lowest BCUT2D eigenvalue weighted by molar-refractivity contribution is -0.152. The summed E-state index contributed by atoms with van der Waals surface area (Å²) in [6.07, 6.45) is 2.99. The van der Waals surface area contributed by atoms with E-state index in [9.17, 15) is 13.2 Å². The molecule has 2 atom stereocenters. The molecule has 1 fully saturated rings. The van der Waals surface area contributed by atoms with E-state index in [0.29, 0.717) is 11.4 Å². The molecule has 1 saturated carbocycles. The Morgan fingerprint density at radius 1 is 0.719 bits per heavy atom. The third kappa shape index (κ3) is 5.49. The molecule has 0 aromatic heterocycles. The lowest BCUT2D eigenvalue weighted by Crippen LogP contribution is -2.59. The van der Waals surface area contributed by atoms with Gasteiger partial charge >= 0.3 is 6.18 Å². The Morgan fingerprint density at radius 3 is 1.82 bits per heavy atom. The summed E-state index contributed by atoms with van der Waals surface area (Å²) in [7, 11) is 6.66. The van der Waals surface area contributed by atoms with E-state index in [2.05, 4.69) is 70.2 Å². The normalized spacial score (nSPS) is 22.0. The van der Waals surface area contributed by atoms with Crippen LogP contribution in [0.5, 0.6) is 17.2 Å². The first-order valence-corrected chi connectivity index (χ1v) is 19.9. The van der Waals surface area contributed by atoms with E-state index in [0.717, 1.165) is 69.5 Å². The molecule has 0 bridgehead atoms. The van der Waals surface area contributed by atoms with Crippen LogP contribution in [0.2, 0.25) is 0 Å². The quantitative estimate of drug-likeness (QED) is 0.182. The minimum Gasteiger partial charge on any atom is -0.497 e. The smallest absolute Gasteiger partial charge is 0.410 e. The summed E-state index contributed by atoms with van der Waals surface area (Å²) in [4.78, 5) is 3.22. The molecule has 0 amide bonds. The number of hydrogen-bond donors (Lipinski definition) is 0. The van der Waals surface area contributed by atoms with Crippen LogP contribution >= 0.6 is 0 Å². The van der Waals surface area contributed by atoms with Crippen molar-refractivity contribution in [1.29, 1.82) is 0 Å². The van der Waals surface area contributed by atoms with Crippen molar-refractivity contribution in [1.82, 2.24) is 0 Å². The van der Waals surface area contributed by atoms with Crippen molar-refractivity contribution < 1.29 is 27.4 Å². The number of ether oxygens (including phenoxy) is 3. The van der Waals surface area contributed by atoms with Crippen LogP contribution in [0.1, 0.15) is 81.7 Å². The van der Waals surface area contributed by atoms with Gasteiger partial charge in [0.25, 0.3) is 0 Å². The van der Waals surface area contributed by atoms with Gasteiger partial charge in [-0.25, -0.2) is 0 Å². The maximum absolute atomic E-state index is 14.8. The number of alkyl halides is 3. The number of fused-ring (bicyclic) bond motifs is 11. The highest BCUT2D eigenvalue weighted by atomic mass is 19.4. The molecule has 57 heavy (non-hydrogen) atoms. The van der Waals surface area contributed by atoms with Gasteiger partial charge in [0.2, 0.25) is 0 Å². The summed E-state index contributed by atoms with van der Waals surface area (Å²) in [5, 5.41) is 1.77. The summed E-state index contributed by atoms with van der Waals surface area (Å²) in [5.41, 5.74) is 7.66. The van der Waals surface area contributed by atoms with Gasteiger partial charge in [0.1, 0.15) is 23.3 Å². The Hall–Kier alpha value is -5.11. The Balaban J connectivity index is 1.41. The fourth-order valence-corrected chi connectivity index (χ4v) is 11.8. The second-order valence-electron chi connectivity index (χ2n) is 18.4. The Kier molecular flexibility index (Phi) is 8.18. The number of anilines is 2. The first-order valence-electron chi connectivity index (χ1n) is 19.9. The van der Waals surface area contributed by atoms with Gasteiger partial charge in [-0.05, 0) is 107 Å². The summed E-state index contributed by atoms with van der Waals surface area (Å²) in [6, 6.07) is 26.3. The van der Waals surface area contributed by atoms with E-state index in [1.54, 1.807) is 35.2 Å². The van der Waals surface area contributed by atoms with Gasteiger partial charge < -0.3 is 24.0 Å². The number of hydrogen-bond acceptors (Lipinski definition) is 5. The standard InChI is InChI=1S/C49H51F3N2O3/c1-29-44(49(50,51)52)54(7)40-25-37-36(24-39(40)53(29)6)41-34-12-10-11-13-38(34)47(27-45(2,3)26-46(4,5)28-47)42(41)35-22-23-48(57-43(35)37,30-14-18-32(55-8)19-15-30)31-16-20-33(56-9)21-17-31/h10-25,29,44H,26-28H2,1-9H3. The molecule has 0 saturated heterocycles. The van der Waals surface area contributed by atoms with Crippen molar-refractivity contribution in [3.63, 3.8) is 0 Å². The van der Waals surface area contributed by atoms with Crippen LogP contribution in [0.25, 0.3) is 28.0 Å². The zero-order valence-corrected chi connectivity index (χ0v) is 34.3. The monoisotopic (exact) mass is 772 g/mol. The predicted octanol–water partition coefficient (Wildman–Crippen LogP) is 11.9. The molecule has 5 aromatic rings. The average Bonchev–Trinajstić information content (AvgIpc) is 3.43. The van der Waals surface area contributed by atoms with Gasteiger partial charge in [0.05, 0.1) is 31.6 Å². The molecule has 4 aliphatic rings. The minimum absolute atomic E-state index is 0.0360. The fourth-order valence-electron chi connectivity index (χ4n) is 11.8. The van der Waals surface area contributed by atoms with Crippen LogP contribution < -0.4 is 24.0 Å². The van der Waals surface area contributed by atoms with Gasteiger partial charge in [0, 0.05) is 41.6 Å². The molecule has 8 heteroatoms. The Bertz CT molecular complexity index is 2380. The zero-order valence-electron chi connectivity index (χ0n) is 34.3. The molecule has 2 aliphatic carbocycles. The number of nitrogens with zero attached hydrogens (tertiary/aromatic N) is 2. The number of likely N-dealkylation sites (N-methyl/N-ethyl adjacent to an activating group) is 2. The van der Waals surface area contributed by atoms with Crippen LogP contribution in [0, 0.1) is 10.8 Å². The Morgan fingerprint density at radius 2 is 1.26 bits per heavy atom. The molecule has 1 spiro atoms. The molecule has 0 N–H and O–H groups in total. The van der Waals surface area contributed by atoms with Gasteiger partial charge in [-0.1, -0.05) is 82.3 Å². The lowest BCUT2D eigenvalue weighted by atomic mass is 9.52. The van der Waals surface area contributed by atoms with E-state index in [4.69, 9.17) is 14.2 Å². The van der Waals surface area contributed by atoms with E-state index in [-0.39, 0.29) is 16.2 Å². The molecule has 2 aliphatic heterocycles. The summed E-state index contributed by atoms with van der Waals surface area (Å²) in [5.74, 6) is 2.12. The van der Waals surface area contributed by atoms with Crippen molar-refractivity contribution in [2.75, 3.05) is 38.1 Å². The van der Waals surface area contributed by atoms with Crippen LogP contribution in [0.4, 0.5) is 24.5 Å². The van der Waals surface area contributed by atoms with Crippen molar-refractivity contribution in [2.45, 2.75) is 83.2 Å². The molecular weight excluding hydrogens is 722 g/mol. The summed E-state index contributed by atoms with van der Waals surface area (Å²) < 4.78 is 63.3.